The fraction of sp³-hybridized carbons (Fsp3) is 0.551. The lowest BCUT2D eigenvalue weighted by atomic mass is 9.39. The van der Waals surface area contributed by atoms with Crippen LogP contribution in [0.5, 0.6) is 0 Å². The Labute approximate surface area is 324 Å². The molecular weight excluding hydrogens is 667 g/mol. The molecule has 4 aliphatic carbocycles. The first-order chi connectivity index (χ1) is 26.0. The van der Waals surface area contributed by atoms with Gasteiger partial charge in [0.25, 0.3) is 0 Å². The summed E-state index contributed by atoms with van der Waals surface area (Å²) in [5.41, 5.74) is 2.77. The van der Waals surface area contributed by atoms with Gasteiger partial charge in [0.2, 0.25) is 0 Å². The molecule has 5 nitrogen and oxygen atoms in total. The molecule has 7 rings (SSSR count). The van der Waals surface area contributed by atoms with E-state index in [-0.39, 0.29) is 48.3 Å². The fourth-order valence-corrected chi connectivity index (χ4v) is 12.3. The number of esters is 2. The number of anilines is 1. The highest BCUT2D eigenvalue weighted by atomic mass is 16.5. The van der Waals surface area contributed by atoms with E-state index in [2.05, 4.69) is 76.3 Å². The van der Waals surface area contributed by atoms with Crippen molar-refractivity contribution in [2.24, 2.45) is 45.3 Å². The van der Waals surface area contributed by atoms with Crippen LogP contribution < -0.4 is 5.32 Å². The lowest BCUT2D eigenvalue weighted by molar-refractivity contribution is -0.202. The molecule has 4 aliphatic rings. The van der Waals surface area contributed by atoms with E-state index in [4.69, 9.17) is 9.47 Å². The Morgan fingerprint density at radius 1 is 0.722 bits per heavy atom. The van der Waals surface area contributed by atoms with Crippen molar-refractivity contribution in [2.45, 2.75) is 125 Å². The Morgan fingerprint density at radius 2 is 1.31 bits per heavy atom. The first-order valence-electron chi connectivity index (χ1n) is 21.0. The average molecular weight is 730 g/mol. The summed E-state index contributed by atoms with van der Waals surface area (Å²) in [6.07, 6.45) is 12.8. The van der Waals surface area contributed by atoms with Gasteiger partial charge in [-0.15, -0.1) is 0 Å². The Balaban J connectivity index is 1.25. The van der Waals surface area contributed by atoms with Crippen LogP contribution in [0.25, 0.3) is 0 Å². The second-order valence-electron chi connectivity index (χ2n) is 18.3. The van der Waals surface area contributed by atoms with E-state index < -0.39 is 16.2 Å². The third-order valence-electron chi connectivity index (χ3n) is 15.1. The van der Waals surface area contributed by atoms with Crippen LogP contribution in [0.15, 0.2) is 103 Å². The summed E-state index contributed by atoms with van der Waals surface area (Å²) in [4.78, 5) is 30.3. The molecule has 3 aromatic rings. The largest absolute Gasteiger partial charge is 0.460 e. The number of allylic oxidation sites excluding steroid dienone is 1. The summed E-state index contributed by atoms with van der Waals surface area (Å²) in [6.45, 7) is 12.2. The minimum atomic E-state index is -0.709. The summed E-state index contributed by atoms with van der Waals surface area (Å²) in [5.74, 6) is 0.785. The zero-order valence-electron chi connectivity index (χ0n) is 33.4. The molecule has 0 amide bonds. The molecule has 0 saturated heterocycles. The van der Waals surface area contributed by atoms with Crippen LogP contribution in [-0.2, 0) is 32.3 Å². The van der Waals surface area contributed by atoms with Gasteiger partial charge < -0.3 is 14.8 Å². The van der Waals surface area contributed by atoms with E-state index in [1.807, 2.05) is 60.7 Å². The van der Waals surface area contributed by atoms with Crippen LogP contribution in [-0.4, -0.2) is 18.0 Å². The van der Waals surface area contributed by atoms with E-state index in [0.29, 0.717) is 18.4 Å². The Hall–Kier alpha value is -3.86. The van der Waals surface area contributed by atoms with Gasteiger partial charge in [-0.3, -0.25) is 9.59 Å². The van der Waals surface area contributed by atoms with E-state index in [1.54, 1.807) is 0 Å². The molecule has 0 heterocycles. The van der Waals surface area contributed by atoms with E-state index >= 15 is 9.59 Å². The molecule has 3 fully saturated rings. The first kappa shape index (κ1) is 38.4. The van der Waals surface area contributed by atoms with Crippen molar-refractivity contribution in [1.29, 1.82) is 0 Å². The fourth-order valence-electron chi connectivity index (χ4n) is 12.3. The van der Waals surface area contributed by atoms with Crippen molar-refractivity contribution >= 4 is 17.6 Å². The van der Waals surface area contributed by atoms with Gasteiger partial charge in [0.15, 0.2) is 0 Å². The molecule has 0 bridgehead atoms. The molecule has 0 spiro atoms. The molecule has 0 radical (unpaired) electrons. The summed E-state index contributed by atoms with van der Waals surface area (Å²) in [5, 5.41) is 3.82. The molecule has 8 atom stereocenters. The average Bonchev–Trinajstić information content (AvgIpc) is 3.51. The molecule has 1 N–H and O–H groups in total. The number of carbonyl (C=O) groups excluding carboxylic acids is 2. The molecular formula is C49H63NO4. The quantitative estimate of drug-likeness (QED) is 0.140. The number of rotatable bonds is 13. The maximum atomic E-state index is 15.3. The first-order valence-corrected chi connectivity index (χ1v) is 21.0. The SMILES string of the molecule is CC(C)CCC[C@@H](C)C1(C(=O)OCc2ccccc2)CCC2C3(C(=O)OCc4ccccc4)CC=C4C[C@@H](Nc5ccccc5)CC[C@]4(C)C3CC[C@@]21C. The topological polar surface area (TPSA) is 64.6 Å². The minimum Gasteiger partial charge on any atom is -0.460 e. The van der Waals surface area contributed by atoms with E-state index in [0.717, 1.165) is 75.3 Å². The lowest BCUT2D eigenvalue weighted by Crippen LogP contribution is -2.63. The molecule has 288 valence electrons. The van der Waals surface area contributed by atoms with Gasteiger partial charge in [-0.25, -0.2) is 0 Å². The van der Waals surface area contributed by atoms with Gasteiger partial charge in [-0.2, -0.15) is 0 Å². The maximum Gasteiger partial charge on any atom is 0.313 e. The monoisotopic (exact) mass is 729 g/mol. The molecule has 3 aromatic carbocycles. The highest BCUT2D eigenvalue weighted by Gasteiger charge is 2.74. The van der Waals surface area contributed by atoms with Crippen molar-refractivity contribution in [2.75, 3.05) is 5.32 Å². The maximum absolute atomic E-state index is 15.3. The van der Waals surface area contributed by atoms with Gasteiger partial charge in [0.1, 0.15) is 13.2 Å². The van der Waals surface area contributed by atoms with E-state index in [1.165, 1.54) is 11.3 Å². The van der Waals surface area contributed by atoms with Crippen LogP contribution in [0.1, 0.15) is 116 Å². The van der Waals surface area contributed by atoms with Gasteiger partial charge in [-0.05, 0) is 116 Å². The van der Waals surface area contributed by atoms with Crippen molar-refractivity contribution in [3.63, 3.8) is 0 Å². The third kappa shape index (κ3) is 6.83. The van der Waals surface area contributed by atoms with Crippen LogP contribution in [0, 0.1) is 45.3 Å². The van der Waals surface area contributed by atoms with Crippen LogP contribution in [0.2, 0.25) is 0 Å². The Morgan fingerprint density at radius 3 is 1.94 bits per heavy atom. The van der Waals surface area contributed by atoms with Gasteiger partial charge in [0.05, 0.1) is 10.8 Å². The highest BCUT2D eigenvalue weighted by molar-refractivity contribution is 5.82. The number of hydrogen-bond acceptors (Lipinski definition) is 5. The standard InChI is InChI=1S/C49H63NO4/c1-35(2)16-15-17-36(3)49(45(52)54-34-38-20-11-7-12-21-38)31-27-43-47(49,5)29-26-42-46(4)28-25-41(50-40-22-13-8-14-23-40)32-39(46)24-30-48(42,43)44(51)53-33-37-18-9-6-10-19-37/h6-14,18-24,35-36,41-43,50H,15-17,25-34H2,1-5H3/t36-,41+,42?,43?,46+,47+,48?,49?/m1/s1. The lowest BCUT2D eigenvalue weighted by Gasteiger charge is -2.64. The summed E-state index contributed by atoms with van der Waals surface area (Å²) < 4.78 is 12.9. The minimum absolute atomic E-state index is 0.0126. The summed E-state index contributed by atoms with van der Waals surface area (Å²) in [7, 11) is 0. The summed E-state index contributed by atoms with van der Waals surface area (Å²) >= 11 is 0. The molecule has 3 saturated carbocycles. The number of hydrogen-bond donors (Lipinski definition) is 1. The van der Waals surface area contributed by atoms with Crippen LogP contribution in [0.4, 0.5) is 5.69 Å². The molecule has 4 unspecified atom stereocenters. The molecule has 5 heteroatoms. The van der Waals surface area contributed by atoms with Crippen molar-refractivity contribution in [3.8, 4) is 0 Å². The number of benzene rings is 3. The van der Waals surface area contributed by atoms with Crippen LogP contribution >= 0.6 is 0 Å². The predicted molar refractivity (Wildman–Crippen MR) is 217 cm³/mol. The van der Waals surface area contributed by atoms with Gasteiger partial charge in [-0.1, -0.05) is 138 Å². The normalized spacial score (nSPS) is 32.0. The van der Waals surface area contributed by atoms with Crippen molar-refractivity contribution in [3.05, 3.63) is 114 Å². The second-order valence-corrected chi connectivity index (χ2v) is 18.3. The third-order valence-corrected chi connectivity index (χ3v) is 15.1. The summed E-state index contributed by atoms with van der Waals surface area (Å²) in [6, 6.07) is 31.1. The molecule has 0 aromatic heterocycles. The van der Waals surface area contributed by atoms with Crippen molar-refractivity contribution < 1.29 is 19.1 Å². The number of fused-ring (bicyclic) bond motifs is 5. The van der Waals surface area contributed by atoms with Crippen molar-refractivity contribution in [1.82, 2.24) is 0 Å². The number of nitrogens with one attached hydrogen (secondary N) is 1. The Bertz CT molecular complexity index is 1770. The van der Waals surface area contributed by atoms with Gasteiger partial charge >= 0.3 is 11.9 Å². The zero-order valence-corrected chi connectivity index (χ0v) is 33.4. The second kappa shape index (κ2) is 15.7. The number of para-hydroxylation sites is 1. The molecule has 54 heavy (non-hydrogen) atoms. The number of carbonyl (C=O) groups is 2. The van der Waals surface area contributed by atoms with Crippen LogP contribution in [0.3, 0.4) is 0 Å². The van der Waals surface area contributed by atoms with E-state index in [9.17, 15) is 0 Å². The smallest absolute Gasteiger partial charge is 0.313 e. The zero-order chi connectivity index (χ0) is 38.0. The number of ether oxygens (including phenoxy) is 2. The predicted octanol–water partition coefficient (Wildman–Crippen LogP) is 11.7. The van der Waals surface area contributed by atoms with Gasteiger partial charge in [0, 0.05) is 11.7 Å². The Kier molecular flexibility index (Phi) is 11.2. The molecule has 0 aliphatic heterocycles. The highest BCUT2D eigenvalue weighted by Crippen LogP contribution is 2.76.